The third-order valence-corrected chi connectivity index (χ3v) is 19.0. The van der Waals surface area contributed by atoms with E-state index in [4.69, 9.17) is 0 Å². The molecule has 7 aromatic carbocycles. The lowest BCUT2D eigenvalue weighted by atomic mass is 9.49. The number of nitrogens with zero attached hydrogens (tertiary/aromatic N) is 2. The van der Waals surface area contributed by atoms with Gasteiger partial charge in [-0.1, -0.05) is 125 Å². The fourth-order valence-electron chi connectivity index (χ4n) is 17.1. The van der Waals surface area contributed by atoms with Gasteiger partial charge < -0.3 is 9.47 Å². The van der Waals surface area contributed by atoms with E-state index in [1.165, 1.54) is 118 Å². The standard InChI is InChI=1S/C64H62N2/c1-39-28-43-32-41(3)63(45(30-39)34-43)57-19-11-8-16-51(57)54-36-48(22-25-59(54)63)65(50-24-27-62-56(38-50)53-18-10-13-21-61(53)66(62)47-14-6-5-7-15-47)49-23-26-60-55(37-49)52-17-9-12-20-58(52)64(60)42(4)33-44-29-40(2)31-46(64)35-44/h5-27,36-46H,28-35H2,1-4H3/t39-,40-,41+,42+,43?,44?,45-,46+,63+,64-/m1/s1. The molecule has 0 saturated heterocycles. The Kier molecular flexibility index (Phi) is 8.53. The highest BCUT2D eigenvalue weighted by molar-refractivity contribution is 6.11. The minimum Gasteiger partial charge on any atom is -0.310 e. The lowest BCUT2D eigenvalue weighted by molar-refractivity contribution is 0.0425. The Balaban J connectivity index is 0.994. The van der Waals surface area contributed by atoms with Crippen LogP contribution in [0.4, 0.5) is 17.1 Å². The first-order valence-electron chi connectivity index (χ1n) is 25.7. The molecule has 0 aliphatic heterocycles. The SMILES string of the molecule is C[C@@H]1CC2C[C@H](C1)[C@@]1(c3ccccc3-c3cc(N(c4ccc5c(c4)-c4ccccc4[C@]54[C@H]5CC(C[C@@H](C)C5)C[C@@H]4C)c4ccc5c(c4)c4ccccc4n5-c4ccccc4)ccc31)[C@@H](C)C2. The Morgan fingerprint density at radius 2 is 0.864 bits per heavy atom. The molecule has 0 radical (unpaired) electrons. The molecule has 66 heavy (non-hydrogen) atoms. The van der Waals surface area contributed by atoms with Crippen LogP contribution < -0.4 is 4.90 Å². The third kappa shape index (κ3) is 5.25. The molecule has 1 heterocycles. The van der Waals surface area contributed by atoms with E-state index in [0.717, 1.165) is 23.7 Å². The Morgan fingerprint density at radius 1 is 0.394 bits per heavy atom. The van der Waals surface area contributed by atoms with Crippen LogP contribution in [0.15, 0.2) is 158 Å². The minimum absolute atomic E-state index is 0.0660. The zero-order valence-electron chi connectivity index (χ0n) is 39.2. The predicted octanol–water partition coefficient (Wildman–Crippen LogP) is 17.0. The van der Waals surface area contributed by atoms with E-state index >= 15 is 0 Å². The van der Waals surface area contributed by atoms with Crippen LogP contribution in [0.2, 0.25) is 0 Å². The highest BCUT2D eigenvalue weighted by Crippen LogP contribution is 2.67. The van der Waals surface area contributed by atoms with Gasteiger partial charge in [-0.05, 0) is 204 Å². The quantitative estimate of drug-likeness (QED) is 0.171. The zero-order valence-corrected chi connectivity index (χ0v) is 39.2. The van der Waals surface area contributed by atoms with Crippen molar-refractivity contribution in [3.05, 3.63) is 180 Å². The Hall–Kier alpha value is -5.86. The topological polar surface area (TPSA) is 8.17 Å². The maximum Gasteiger partial charge on any atom is 0.0542 e. The summed E-state index contributed by atoms with van der Waals surface area (Å²) in [7, 11) is 0. The fraction of sp³-hybridized carbons (Fsp3) is 0.344. The molecule has 2 unspecified atom stereocenters. The van der Waals surface area contributed by atoms with Gasteiger partial charge in [0.2, 0.25) is 0 Å². The van der Waals surface area contributed by atoms with E-state index in [0.29, 0.717) is 23.7 Å². The highest BCUT2D eigenvalue weighted by Gasteiger charge is 2.58. The van der Waals surface area contributed by atoms with E-state index < -0.39 is 0 Å². The van der Waals surface area contributed by atoms with Crippen molar-refractivity contribution in [3.8, 4) is 27.9 Å². The number of fused-ring (bicyclic) bond motifs is 19. The maximum atomic E-state index is 2.61. The van der Waals surface area contributed by atoms with Gasteiger partial charge in [0.05, 0.1) is 11.0 Å². The summed E-state index contributed by atoms with van der Waals surface area (Å²) >= 11 is 0. The molecule has 6 aliphatic rings. The first kappa shape index (κ1) is 39.3. The Bertz CT molecular complexity index is 3100. The largest absolute Gasteiger partial charge is 0.310 e. The van der Waals surface area contributed by atoms with Crippen LogP contribution in [0.5, 0.6) is 0 Å². The van der Waals surface area contributed by atoms with Crippen molar-refractivity contribution in [2.45, 2.75) is 89.9 Å². The van der Waals surface area contributed by atoms with Crippen LogP contribution in [0.25, 0.3) is 49.7 Å². The Labute approximate surface area is 391 Å². The van der Waals surface area contributed by atoms with Crippen LogP contribution in [-0.4, -0.2) is 4.57 Å². The number of benzene rings is 7. The molecule has 14 rings (SSSR count). The van der Waals surface area contributed by atoms with E-state index in [9.17, 15) is 0 Å². The molecule has 4 saturated carbocycles. The summed E-state index contributed by atoms with van der Waals surface area (Å²) in [6.45, 7) is 10.2. The second kappa shape index (κ2) is 14.3. The summed E-state index contributed by atoms with van der Waals surface area (Å²) in [5.41, 5.74) is 19.6. The second-order valence-electron chi connectivity index (χ2n) is 22.5. The average molecular weight is 859 g/mol. The van der Waals surface area contributed by atoms with Crippen LogP contribution >= 0.6 is 0 Å². The smallest absolute Gasteiger partial charge is 0.0542 e. The number of aromatic nitrogens is 1. The molecule has 2 nitrogen and oxygen atoms in total. The van der Waals surface area contributed by atoms with E-state index in [-0.39, 0.29) is 10.8 Å². The van der Waals surface area contributed by atoms with Gasteiger partial charge in [-0.2, -0.15) is 0 Å². The summed E-state index contributed by atoms with van der Waals surface area (Å²) < 4.78 is 2.44. The number of para-hydroxylation sites is 2. The zero-order chi connectivity index (χ0) is 44.1. The van der Waals surface area contributed by atoms with Crippen LogP contribution in [-0.2, 0) is 10.8 Å². The molecule has 10 atom stereocenters. The van der Waals surface area contributed by atoms with E-state index in [2.05, 4.69) is 195 Å². The molecular formula is C64H62N2. The molecule has 4 fully saturated rings. The van der Waals surface area contributed by atoms with Crippen molar-refractivity contribution in [2.24, 2.45) is 47.3 Å². The summed E-state index contributed by atoms with van der Waals surface area (Å²) in [6.07, 6.45) is 10.9. The van der Waals surface area contributed by atoms with E-state index in [1.54, 1.807) is 22.3 Å². The third-order valence-electron chi connectivity index (χ3n) is 19.0. The summed E-state index contributed by atoms with van der Waals surface area (Å²) in [6, 6.07) is 61.7. The van der Waals surface area contributed by atoms with Gasteiger partial charge in [0.25, 0.3) is 0 Å². The molecule has 1 aromatic heterocycles. The summed E-state index contributed by atoms with van der Waals surface area (Å²) in [5, 5.41) is 2.56. The van der Waals surface area contributed by atoms with Crippen molar-refractivity contribution in [1.29, 1.82) is 0 Å². The minimum atomic E-state index is 0.0660. The highest BCUT2D eigenvalue weighted by atomic mass is 15.1. The average Bonchev–Trinajstić information content (AvgIpc) is 3.93. The van der Waals surface area contributed by atoms with Crippen LogP contribution in [0, 0.1) is 47.3 Å². The predicted molar refractivity (Wildman–Crippen MR) is 275 cm³/mol. The second-order valence-corrected chi connectivity index (χ2v) is 22.5. The monoisotopic (exact) mass is 858 g/mol. The normalized spacial score (nSPS) is 30.1. The van der Waals surface area contributed by atoms with Crippen molar-refractivity contribution in [2.75, 3.05) is 4.90 Å². The summed E-state index contributed by atoms with van der Waals surface area (Å²) in [5.74, 6) is 5.86. The molecule has 0 amide bonds. The first-order chi connectivity index (χ1) is 32.3. The molecule has 6 aliphatic carbocycles. The van der Waals surface area contributed by atoms with Gasteiger partial charge in [0.15, 0.2) is 0 Å². The lowest BCUT2D eigenvalue weighted by Gasteiger charge is -2.54. The van der Waals surface area contributed by atoms with E-state index in [1.807, 2.05) is 0 Å². The molecule has 2 heteroatoms. The number of hydrogen-bond acceptors (Lipinski definition) is 1. The molecule has 2 spiro atoms. The van der Waals surface area contributed by atoms with Crippen molar-refractivity contribution in [1.82, 2.24) is 4.57 Å². The number of rotatable bonds is 4. The fourth-order valence-corrected chi connectivity index (χ4v) is 17.1. The van der Waals surface area contributed by atoms with Crippen LogP contribution in [0.1, 0.15) is 101 Å². The molecule has 0 N–H and O–H groups in total. The Morgan fingerprint density at radius 3 is 1.45 bits per heavy atom. The molecule has 4 bridgehead atoms. The molecular weight excluding hydrogens is 797 g/mol. The molecule has 328 valence electrons. The van der Waals surface area contributed by atoms with Crippen molar-refractivity contribution in [3.63, 3.8) is 0 Å². The van der Waals surface area contributed by atoms with Gasteiger partial charge >= 0.3 is 0 Å². The number of hydrogen-bond donors (Lipinski definition) is 0. The van der Waals surface area contributed by atoms with Crippen LogP contribution in [0.3, 0.4) is 0 Å². The van der Waals surface area contributed by atoms with Gasteiger partial charge in [0.1, 0.15) is 0 Å². The van der Waals surface area contributed by atoms with Gasteiger partial charge in [-0.15, -0.1) is 0 Å². The first-order valence-corrected chi connectivity index (χ1v) is 25.7. The number of anilines is 3. The van der Waals surface area contributed by atoms with Gasteiger partial charge in [-0.3, -0.25) is 0 Å². The maximum absolute atomic E-state index is 2.61. The van der Waals surface area contributed by atoms with Gasteiger partial charge in [0, 0.05) is 44.4 Å². The summed E-state index contributed by atoms with van der Waals surface area (Å²) in [4.78, 5) is 2.61. The lowest BCUT2D eigenvalue weighted by Crippen LogP contribution is -2.49. The molecule has 8 aromatic rings. The van der Waals surface area contributed by atoms with Gasteiger partial charge in [-0.25, -0.2) is 0 Å². The van der Waals surface area contributed by atoms with Crippen molar-refractivity contribution < 1.29 is 0 Å². The van der Waals surface area contributed by atoms with Crippen molar-refractivity contribution >= 4 is 38.9 Å².